The average Bonchev–Trinajstić information content (AvgIpc) is 2.85. The number of rotatable bonds is 8. The Morgan fingerprint density at radius 3 is 2.16 bits per heavy atom. The van der Waals surface area contributed by atoms with Crippen LogP contribution in [-0.2, 0) is 30.4 Å². The first-order valence-corrected chi connectivity index (χ1v) is 12.7. The van der Waals surface area contributed by atoms with E-state index in [9.17, 15) is 29.1 Å². The molecule has 1 aliphatic heterocycles. The maximum absolute atomic E-state index is 13.4. The summed E-state index contributed by atoms with van der Waals surface area (Å²) in [4.78, 5) is 63.3. The second-order valence-corrected chi connectivity index (χ2v) is 9.94. The van der Waals surface area contributed by atoms with Crippen molar-refractivity contribution < 1.29 is 34.2 Å². The van der Waals surface area contributed by atoms with E-state index in [4.69, 9.17) is 5.11 Å². The molecule has 1 aromatic carbocycles. The fourth-order valence-electron chi connectivity index (χ4n) is 3.98. The number of hydrogen-bond acceptors (Lipinski definition) is 6. The minimum Gasteiger partial charge on any atom is -0.508 e. The zero-order chi connectivity index (χ0) is 28.4. The van der Waals surface area contributed by atoms with Crippen LogP contribution in [-0.4, -0.2) is 64.0 Å². The number of nitrogens with one attached hydrogen (secondary N) is 4. The van der Waals surface area contributed by atoms with Gasteiger partial charge in [-0.1, -0.05) is 45.1 Å². The lowest BCUT2D eigenvalue weighted by molar-refractivity contribution is -0.137. The number of carboxylic acid groups (broad SMARTS) is 1. The summed E-state index contributed by atoms with van der Waals surface area (Å²) in [5, 5.41) is 29.4. The molecule has 0 aromatic heterocycles. The Labute approximate surface area is 222 Å². The van der Waals surface area contributed by atoms with E-state index in [0.717, 1.165) is 0 Å². The summed E-state index contributed by atoms with van der Waals surface area (Å²) in [7, 11) is 0. The molecule has 0 unspecified atom stereocenters. The lowest BCUT2D eigenvalue weighted by Crippen LogP contribution is -2.56. The van der Waals surface area contributed by atoms with Crippen molar-refractivity contribution in [3.05, 3.63) is 42.0 Å². The minimum absolute atomic E-state index is 0.0480. The van der Waals surface area contributed by atoms with Gasteiger partial charge >= 0.3 is 5.97 Å². The fourth-order valence-corrected chi connectivity index (χ4v) is 3.98. The van der Waals surface area contributed by atoms with Gasteiger partial charge in [-0.25, -0.2) is 0 Å². The van der Waals surface area contributed by atoms with Crippen LogP contribution in [0, 0.1) is 11.8 Å². The zero-order valence-electron chi connectivity index (χ0n) is 22.2. The topological polar surface area (TPSA) is 174 Å². The molecule has 5 atom stereocenters. The van der Waals surface area contributed by atoms with Gasteiger partial charge < -0.3 is 31.5 Å². The smallest absolute Gasteiger partial charge is 0.303 e. The first-order chi connectivity index (χ1) is 17.9. The quantitative estimate of drug-likeness (QED) is 0.272. The molecule has 0 spiro atoms. The lowest BCUT2D eigenvalue weighted by atomic mass is 9.94. The second kappa shape index (κ2) is 14.2. The Morgan fingerprint density at radius 1 is 0.895 bits per heavy atom. The van der Waals surface area contributed by atoms with E-state index in [1.54, 1.807) is 45.1 Å². The zero-order valence-corrected chi connectivity index (χ0v) is 22.2. The molecular formula is C27H38N4O7. The Bertz CT molecular complexity index is 1040. The third kappa shape index (κ3) is 9.20. The van der Waals surface area contributed by atoms with Gasteiger partial charge in [0, 0.05) is 18.9 Å². The van der Waals surface area contributed by atoms with Gasteiger partial charge in [0.2, 0.25) is 23.6 Å². The molecule has 0 radical (unpaired) electrons. The number of phenolic OH excluding ortho intramolecular Hbond substituents is 1. The van der Waals surface area contributed by atoms with Crippen molar-refractivity contribution in [2.24, 2.45) is 11.8 Å². The van der Waals surface area contributed by atoms with Crippen LogP contribution >= 0.6 is 0 Å². The molecule has 1 aliphatic rings. The van der Waals surface area contributed by atoms with Gasteiger partial charge in [-0.2, -0.15) is 0 Å². The molecule has 11 heteroatoms. The maximum Gasteiger partial charge on any atom is 0.303 e. The number of aliphatic carboxylic acids is 1. The molecule has 208 valence electrons. The second-order valence-electron chi connectivity index (χ2n) is 9.94. The molecule has 1 heterocycles. The van der Waals surface area contributed by atoms with E-state index in [-0.39, 0.29) is 30.9 Å². The number of aromatic hydroxyl groups is 1. The van der Waals surface area contributed by atoms with Crippen molar-refractivity contribution in [1.82, 2.24) is 21.3 Å². The molecule has 2 rings (SSSR count). The van der Waals surface area contributed by atoms with Crippen LogP contribution in [0.25, 0.3) is 0 Å². The fraction of sp³-hybridized carbons (Fsp3) is 0.519. The van der Waals surface area contributed by atoms with Crippen LogP contribution in [0.3, 0.4) is 0 Å². The van der Waals surface area contributed by atoms with Crippen molar-refractivity contribution in [1.29, 1.82) is 0 Å². The van der Waals surface area contributed by atoms with E-state index in [2.05, 4.69) is 21.3 Å². The van der Waals surface area contributed by atoms with Crippen molar-refractivity contribution in [2.75, 3.05) is 0 Å². The van der Waals surface area contributed by atoms with E-state index >= 15 is 0 Å². The minimum atomic E-state index is -1.03. The van der Waals surface area contributed by atoms with E-state index < -0.39 is 59.7 Å². The molecule has 0 aliphatic carbocycles. The summed E-state index contributed by atoms with van der Waals surface area (Å²) in [6.45, 7) is 6.68. The first-order valence-electron chi connectivity index (χ1n) is 12.7. The number of benzene rings is 1. The predicted octanol–water partition coefficient (Wildman–Crippen LogP) is 1.01. The number of carboxylic acids is 1. The van der Waals surface area contributed by atoms with Crippen LogP contribution in [0.1, 0.15) is 52.5 Å². The Balaban J connectivity index is 2.39. The highest BCUT2D eigenvalue weighted by Crippen LogP contribution is 2.15. The van der Waals surface area contributed by atoms with Gasteiger partial charge in [-0.15, -0.1) is 0 Å². The summed E-state index contributed by atoms with van der Waals surface area (Å²) < 4.78 is 0. The van der Waals surface area contributed by atoms with Gasteiger partial charge in [0.05, 0.1) is 5.92 Å². The van der Waals surface area contributed by atoms with Gasteiger partial charge in [-0.05, 0) is 43.4 Å². The highest BCUT2D eigenvalue weighted by molar-refractivity contribution is 5.95. The van der Waals surface area contributed by atoms with E-state index in [1.165, 1.54) is 19.1 Å². The van der Waals surface area contributed by atoms with Crippen LogP contribution < -0.4 is 21.3 Å². The maximum atomic E-state index is 13.4. The molecule has 1 saturated heterocycles. The van der Waals surface area contributed by atoms with Gasteiger partial charge in [-0.3, -0.25) is 24.0 Å². The highest BCUT2D eigenvalue weighted by atomic mass is 16.4. The average molecular weight is 531 g/mol. The van der Waals surface area contributed by atoms with Crippen LogP contribution in [0.15, 0.2) is 36.4 Å². The van der Waals surface area contributed by atoms with Crippen LogP contribution in [0.5, 0.6) is 5.75 Å². The van der Waals surface area contributed by atoms with Crippen LogP contribution in [0.2, 0.25) is 0 Å². The first kappa shape index (κ1) is 30.3. The molecular weight excluding hydrogens is 492 g/mol. The normalized spacial score (nSPS) is 25.4. The Hall–Kier alpha value is -3.89. The number of amides is 4. The summed E-state index contributed by atoms with van der Waals surface area (Å²) in [6, 6.07) is 2.62. The number of hydrogen-bond donors (Lipinski definition) is 6. The monoisotopic (exact) mass is 530 g/mol. The van der Waals surface area contributed by atoms with Gasteiger partial charge in [0.1, 0.15) is 23.9 Å². The third-order valence-electron chi connectivity index (χ3n) is 6.43. The number of carbonyl (C=O) groups is 5. The number of phenols is 1. The van der Waals surface area contributed by atoms with E-state index in [1.807, 2.05) is 0 Å². The summed E-state index contributed by atoms with van der Waals surface area (Å²) in [5.41, 5.74) is 0.681. The Kier molecular flexibility index (Phi) is 11.3. The molecule has 1 aromatic rings. The third-order valence-corrected chi connectivity index (χ3v) is 6.43. The van der Waals surface area contributed by atoms with Crippen molar-refractivity contribution in [2.45, 2.75) is 77.5 Å². The number of allylic oxidation sites excluding steroid dienone is 1. The standard InChI is InChI=1S/C27H38N4O7/c1-15(2)23-27(38)28-17(4)25(36)30-21(14-18-10-12-19(32)13-11-18)26(37)29-20(16(3)24(35)31-23)8-6-5-7-9-22(33)34/h5-6,10-13,15-17,20-21,23,32H,7-9,14H2,1-4H3,(H,28,38)(H,29,37)(H,30,36)(H,31,35)(H,33,34)/t16-,17+,20+,21+,23+/m0/s1. The van der Waals surface area contributed by atoms with Crippen LogP contribution in [0.4, 0.5) is 0 Å². The SMILES string of the molecule is CC(C)[C@H]1NC(=O)[C@@H](C)[C@@H](CC=CCCC(=O)O)NC(=O)[C@@H](Cc2ccc(O)cc2)NC(=O)[C@@H](C)NC1=O. The molecule has 0 saturated carbocycles. The summed E-state index contributed by atoms with van der Waals surface area (Å²) in [6.07, 6.45) is 3.97. The molecule has 11 nitrogen and oxygen atoms in total. The molecule has 38 heavy (non-hydrogen) atoms. The van der Waals surface area contributed by atoms with Crippen molar-refractivity contribution in [3.63, 3.8) is 0 Å². The van der Waals surface area contributed by atoms with E-state index in [0.29, 0.717) is 12.0 Å². The summed E-state index contributed by atoms with van der Waals surface area (Å²) >= 11 is 0. The largest absolute Gasteiger partial charge is 0.508 e. The molecule has 6 N–H and O–H groups in total. The highest BCUT2D eigenvalue weighted by Gasteiger charge is 2.34. The Morgan fingerprint density at radius 2 is 1.55 bits per heavy atom. The lowest BCUT2D eigenvalue weighted by Gasteiger charge is -2.28. The van der Waals surface area contributed by atoms with Crippen molar-refractivity contribution in [3.8, 4) is 5.75 Å². The van der Waals surface area contributed by atoms with Gasteiger partial charge in [0.25, 0.3) is 0 Å². The van der Waals surface area contributed by atoms with Crippen molar-refractivity contribution >= 4 is 29.6 Å². The molecule has 0 bridgehead atoms. The van der Waals surface area contributed by atoms with Gasteiger partial charge in [0.15, 0.2) is 0 Å². The number of carbonyl (C=O) groups excluding carboxylic acids is 4. The molecule has 1 fully saturated rings. The molecule has 4 amide bonds. The summed E-state index contributed by atoms with van der Waals surface area (Å²) in [5.74, 6) is -3.93. The predicted molar refractivity (Wildman–Crippen MR) is 140 cm³/mol.